The fourth-order valence-electron chi connectivity index (χ4n) is 0.964. The van der Waals surface area contributed by atoms with Gasteiger partial charge in [-0.05, 0) is 17.7 Å². The van der Waals surface area contributed by atoms with Crippen molar-refractivity contribution in [3.05, 3.63) is 42.4 Å². The Balaban J connectivity index is 1.94. The average molecular weight is 175 g/mol. The highest BCUT2D eigenvalue weighted by atomic mass is 16.5. The topological polar surface area (TPSA) is 50.8 Å². The van der Waals surface area contributed by atoms with Gasteiger partial charge in [0.1, 0.15) is 6.61 Å². The molecule has 0 aliphatic heterocycles. The van der Waals surface area contributed by atoms with E-state index in [1.165, 1.54) is 0 Å². The Hall–Kier alpha value is -1.84. The van der Waals surface area contributed by atoms with Crippen molar-refractivity contribution in [3.8, 4) is 5.88 Å². The van der Waals surface area contributed by atoms with Crippen LogP contribution in [0.25, 0.3) is 0 Å². The molecule has 0 unspecified atom stereocenters. The Morgan fingerprint density at radius 2 is 2.00 bits per heavy atom. The molecule has 0 saturated carbocycles. The predicted molar refractivity (Wildman–Crippen MR) is 47.2 cm³/mol. The number of hydrogen-bond acceptors (Lipinski definition) is 3. The van der Waals surface area contributed by atoms with Gasteiger partial charge in [-0.3, -0.25) is 4.98 Å². The first-order chi connectivity index (χ1) is 6.45. The van der Waals surface area contributed by atoms with E-state index in [1.807, 2.05) is 12.1 Å². The Morgan fingerprint density at radius 3 is 2.69 bits per heavy atom. The van der Waals surface area contributed by atoms with Crippen LogP contribution in [0, 0.1) is 0 Å². The van der Waals surface area contributed by atoms with Gasteiger partial charge in [0.25, 0.3) is 0 Å². The van der Waals surface area contributed by atoms with Crippen molar-refractivity contribution in [3.63, 3.8) is 0 Å². The van der Waals surface area contributed by atoms with Crippen LogP contribution in [0.2, 0.25) is 0 Å². The van der Waals surface area contributed by atoms with Crippen LogP contribution in [0.5, 0.6) is 5.88 Å². The summed E-state index contributed by atoms with van der Waals surface area (Å²) in [6.45, 7) is 0.532. The summed E-state index contributed by atoms with van der Waals surface area (Å²) in [5, 5.41) is 6.49. The fraction of sp³-hybridized carbons (Fsp3) is 0.111. The lowest BCUT2D eigenvalue weighted by Crippen LogP contribution is -1.95. The molecule has 0 aromatic carbocycles. The number of nitrogens with one attached hydrogen (secondary N) is 1. The second kappa shape index (κ2) is 3.71. The molecular weight excluding hydrogens is 166 g/mol. The minimum Gasteiger partial charge on any atom is -0.473 e. The van der Waals surface area contributed by atoms with Gasteiger partial charge in [0, 0.05) is 18.5 Å². The molecule has 0 bridgehead atoms. The van der Waals surface area contributed by atoms with E-state index in [-0.39, 0.29) is 0 Å². The van der Waals surface area contributed by atoms with Crippen LogP contribution in [0.1, 0.15) is 5.56 Å². The van der Waals surface area contributed by atoms with Crippen LogP contribution in [0.4, 0.5) is 0 Å². The molecule has 2 aromatic heterocycles. The lowest BCUT2D eigenvalue weighted by Gasteiger charge is -2.01. The van der Waals surface area contributed by atoms with Crippen LogP contribution in [-0.2, 0) is 6.61 Å². The molecule has 0 aliphatic rings. The molecule has 0 spiro atoms. The maximum Gasteiger partial charge on any atom is 0.209 e. The largest absolute Gasteiger partial charge is 0.473 e. The number of hydrogen-bond donors (Lipinski definition) is 1. The van der Waals surface area contributed by atoms with E-state index in [1.54, 1.807) is 24.7 Å². The Labute approximate surface area is 75.6 Å². The first-order valence-corrected chi connectivity index (χ1v) is 3.96. The van der Waals surface area contributed by atoms with E-state index >= 15 is 0 Å². The van der Waals surface area contributed by atoms with E-state index in [9.17, 15) is 0 Å². The van der Waals surface area contributed by atoms with Crippen molar-refractivity contribution in [1.29, 1.82) is 0 Å². The molecule has 0 saturated heterocycles. The summed E-state index contributed by atoms with van der Waals surface area (Å²) in [5.41, 5.74) is 1.09. The molecule has 2 heterocycles. The maximum atomic E-state index is 5.39. The van der Waals surface area contributed by atoms with Gasteiger partial charge < -0.3 is 4.74 Å². The van der Waals surface area contributed by atoms with Crippen LogP contribution in [0.15, 0.2) is 36.8 Å². The third-order valence-corrected chi connectivity index (χ3v) is 1.62. The zero-order valence-corrected chi connectivity index (χ0v) is 6.97. The summed E-state index contributed by atoms with van der Waals surface area (Å²) in [7, 11) is 0. The summed E-state index contributed by atoms with van der Waals surface area (Å²) in [4.78, 5) is 3.91. The van der Waals surface area contributed by atoms with E-state index in [2.05, 4.69) is 15.2 Å². The van der Waals surface area contributed by atoms with Crippen molar-refractivity contribution in [1.82, 2.24) is 15.2 Å². The standard InChI is InChI=1S/C9H9N3O/c1-4-10-5-2-8(1)7-13-9-3-6-11-12-9/h1-6H,7H2,(H,11,12). The molecule has 2 aromatic rings. The lowest BCUT2D eigenvalue weighted by molar-refractivity contribution is 0.293. The normalized spacial score (nSPS) is 9.85. The molecule has 4 nitrogen and oxygen atoms in total. The molecule has 2 rings (SSSR count). The van der Waals surface area contributed by atoms with Gasteiger partial charge in [-0.15, -0.1) is 0 Å². The van der Waals surface area contributed by atoms with Gasteiger partial charge in [0.2, 0.25) is 5.88 Å². The summed E-state index contributed by atoms with van der Waals surface area (Å²) in [6.07, 6.45) is 5.14. The van der Waals surface area contributed by atoms with E-state index in [0.29, 0.717) is 12.5 Å². The smallest absolute Gasteiger partial charge is 0.209 e. The molecule has 0 radical (unpaired) electrons. The van der Waals surface area contributed by atoms with Crippen LogP contribution in [0.3, 0.4) is 0 Å². The van der Waals surface area contributed by atoms with Gasteiger partial charge >= 0.3 is 0 Å². The van der Waals surface area contributed by atoms with Gasteiger partial charge in [-0.2, -0.15) is 5.10 Å². The molecule has 0 aliphatic carbocycles. The van der Waals surface area contributed by atoms with Crippen molar-refractivity contribution < 1.29 is 4.74 Å². The van der Waals surface area contributed by atoms with Gasteiger partial charge in [-0.25, -0.2) is 5.10 Å². The zero-order chi connectivity index (χ0) is 8.93. The van der Waals surface area contributed by atoms with Crippen LogP contribution < -0.4 is 4.74 Å². The second-order valence-electron chi connectivity index (χ2n) is 2.57. The molecule has 13 heavy (non-hydrogen) atoms. The Kier molecular flexibility index (Phi) is 2.22. The third-order valence-electron chi connectivity index (χ3n) is 1.62. The quantitative estimate of drug-likeness (QED) is 0.766. The van der Waals surface area contributed by atoms with Crippen molar-refractivity contribution >= 4 is 0 Å². The maximum absolute atomic E-state index is 5.39. The number of nitrogens with zero attached hydrogens (tertiary/aromatic N) is 2. The molecule has 4 heteroatoms. The Morgan fingerprint density at radius 1 is 1.15 bits per heavy atom. The first kappa shape index (κ1) is 7.79. The monoisotopic (exact) mass is 175 g/mol. The summed E-state index contributed by atoms with van der Waals surface area (Å²) in [6, 6.07) is 5.61. The number of aromatic nitrogens is 3. The minimum absolute atomic E-state index is 0.532. The van der Waals surface area contributed by atoms with E-state index < -0.39 is 0 Å². The fourth-order valence-corrected chi connectivity index (χ4v) is 0.964. The minimum atomic E-state index is 0.532. The van der Waals surface area contributed by atoms with E-state index in [4.69, 9.17) is 4.74 Å². The summed E-state index contributed by atoms with van der Waals surface area (Å²) < 4.78 is 5.39. The number of rotatable bonds is 3. The molecule has 0 fully saturated rings. The van der Waals surface area contributed by atoms with Crippen molar-refractivity contribution in [2.45, 2.75) is 6.61 Å². The number of pyridine rings is 1. The van der Waals surface area contributed by atoms with Gasteiger partial charge in [-0.1, -0.05) is 0 Å². The highest BCUT2D eigenvalue weighted by Crippen LogP contribution is 2.06. The lowest BCUT2D eigenvalue weighted by atomic mass is 10.3. The molecular formula is C9H9N3O. The van der Waals surface area contributed by atoms with Crippen LogP contribution in [-0.4, -0.2) is 15.2 Å². The second-order valence-corrected chi connectivity index (χ2v) is 2.57. The highest BCUT2D eigenvalue weighted by Gasteiger charge is 1.94. The third kappa shape index (κ3) is 2.05. The van der Waals surface area contributed by atoms with Gasteiger partial charge in [0.15, 0.2) is 0 Å². The predicted octanol–water partition coefficient (Wildman–Crippen LogP) is 1.38. The molecule has 66 valence electrons. The number of H-pyrrole nitrogens is 1. The van der Waals surface area contributed by atoms with Crippen molar-refractivity contribution in [2.24, 2.45) is 0 Å². The highest BCUT2D eigenvalue weighted by molar-refractivity contribution is 5.11. The van der Waals surface area contributed by atoms with Crippen molar-refractivity contribution in [2.75, 3.05) is 0 Å². The molecule has 1 N–H and O–H groups in total. The molecule has 0 amide bonds. The summed E-state index contributed by atoms with van der Waals surface area (Å²) in [5.74, 6) is 0.678. The first-order valence-electron chi connectivity index (χ1n) is 3.96. The SMILES string of the molecule is c1cc(COc2ccn[nH]2)ccn1. The number of ether oxygens (including phenoxy) is 1. The van der Waals surface area contributed by atoms with Crippen LogP contribution >= 0.6 is 0 Å². The van der Waals surface area contributed by atoms with E-state index in [0.717, 1.165) is 5.56 Å². The molecule has 0 atom stereocenters. The van der Waals surface area contributed by atoms with Gasteiger partial charge in [0.05, 0.1) is 6.20 Å². The average Bonchev–Trinajstić information content (AvgIpc) is 2.69. The zero-order valence-electron chi connectivity index (χ0n) is 6.97. The summed E-state index contributed by atoms with van der Waals surface area (Å²) >= 11 is 0. The number of aromatic amines is 1. The Bertz CT molecular complexity index is 344.